The molecule has 1 aliphatic heterocycles. The third kappa shape index (κ3) is 2.56. The van der Waals surface area contributed by atoms with E-state index in [-0.39, 0.29) is 12.5 Å². The van der Waals surface area contributed by atoms with Crippen molar-refractivity contribution in [1.82, 2.24) is 4.90 Å². The summed E-state index contributed by atoms with van der Waals surface area (Å²) in [7, 11) is 0. The lowest BCUT2D eigenvalue weighted by atomic mass is 10.3. The molecule has 1 atom stereocenters. The number of carbonyl (C=O) groups excluding carboxylic acids is 1. The van der Waals surface area contributed by atoms with Gasteiger partial charge in [0.05, 0.1) is 6.61 Å². The number of likely N-dealkylation sites (tertiary alicyclic amines) is 1. The highest BCUT2D eigenvalue weighted by atomic mass is 127. The van der Waals surface area contributed by atoms with Crippen LogP contribution in [0.15, 0.2) is 0 Å². The summed E-state index contributed by atoms with van der Waals surface area (Å²) in [5.41, 5.74) is 0. The molecule has 0 aromatic carbocycles. The van der Waals surface area contributed by atoms with Gasteiger partial charge in [-0.3, -0.25) is 4.79 Å². The van der Waals surface area contributed by atoms with Gasteiger partial charge in [-0.2, -0.15) is 0 Å². The second kappa shape index (κ2) is 4.98. The molecule has 0 spiro atoms. The zero-order valence-electron chi connectivity index (χ0n) is 6.70. The van der Waals surface area contributed by atoms with E-state index < -0.39 is 6.10 Å². The molecule has 0 aromatic rings. The minimum Gasteiger partial charge on any atom is -0.381 e. The summed E-state index contributed by atoms with van der Waals surface area (Å²) in [4.78, 5) is 13.0. The quantitative estimate of drug-likeness (QED) is 0.761. The smallest absolute Gasteiger partial charge is 0.253 e. The van der Waals surface area contributed by atoms with Crippen molar-refractivity contribution in [2.45, 2.75) is 18.9 Å². The highest BCUT2D eigenvalue weighted by Crippen LogP contribution is 2.09. The summed E-state index contributed by atoms with van der Waals surface area (Å²) in [5, 5.41) is 9.26. The molecule has 5 heteroatoms. The molecule has 0 unspecified atom stereocenters. The summed E-state index contributed by atoms with van der Waals surface area (Å²) in [6, 6.07) is 0. The van der Waals surface area contributed by atoms with Gasteiger partial charge in [0.2, 0.25) is 0 Å². The molecule has 0 aliphatic carbocycles. The average molecular weight is 285 g/mol. The standard InChI is InChI=1S/C7H12INO3/c8-12-5-6(10)7(11)9-3-1-2-4-9/h6,10H,1-5H2/t6-/m0/s1. The van der Waals surface area contributed by atoms with E-state index in [0.29, 0.717) is 0 Å². The van der Waals surface area contributed by atoms with Crippen LogP contribution in [-0.4, -0.2) is 41.7 Å². The number of aliphatic hydroxyl groups excluding tert-OH is 1. The number of carbonyl (C=O) groups is 1. The molecule has 0 aromatic heterocycles. The van der Waals surface area contributed by atoms with Gasteiger partial charge in [0.15, 0.2) is 6.10 Å². The van der Waals surface area contributed by atoms with Crippen molar-refractivity contribution in [3.8, 4) is 0 Å². The second-order valence-corrected chi connectivity index (χ2v) is 3.45. The maximum absolute atomic E-state index is 11.3. The van der Waals surface area contributed by atoms with E-state index in [1.165, 1.54) is 0 Å². The number of halogens is 1. The molecule has 0 saturated carbocycles. The van der Waals surface area contributed by atoms with Gasteiger partial charge < -0.3 is 13.1 Å². The zero-order valence-corrected chi connectivity index (χ0v) is 8.86. The number of rotatable bonds is 3. The van der Waals surface area contributed by atoms with Gasteiger partial charge in [-0.25, -0.2) is 0 Å². The summed E-state index contributed by atoms with van der Waals surface area (Å²) < 4.78 is 4.66. The van der Waals surface area contributed by atoms with Crippen molar-refractivity contribution in [2.24, 2.45) is 0 Å². The van der Waals surface area contributed by atoms with Crippen LogP contribution in [0.1, 0.15) is 12.8 Å². The molecule has 1 heterocycles. The van der Waals surface area contributed by atoms with Crippen LogP contribution in [0, 0.1) is 0 Å². The van der Waals surface area contributed by atoms with E-state index in [2.05, 4.69) is 3.07 Å². The first-order valence-corrected chi connectivity index (χ1v) is 4.84. The molecule has 0 radical (unpaired) electrons. The molecule has 4 nitrogen and oxygen atoms in total. The van der Waals surface area contributed by atoms with Crippen molar-refractivity contribution in [3.63, 3.8) is 0 Å². The second-order valence-electron chi connectivity index (χ2n) is 2.82. The molecule has 1 saturated heterocycles. The Hall–Kier alpha value is 0.120. The van der Waals surface area contributed by atoms with Gasteiger partial charge in [0.1, 0.15) is 23.0 Å². The summed E-state index contributed by atoms with van der Waals surface area (Å²) in [6.45, 7) is 1.63. The Morgan fingerprint density at radius 1 is 1.58 bits per heavy atom. The lowest BCUT2D eigenvalue weighted by Crippen LogP contribution is -2.39. The number of nitrogens with zero attached hydrogens (tertiary/aromatic N) is 1. The van der Waals surface area contributed by atoms with Gasteiger partial charge in [-0.05, 0) is 12.8 Å². The summed E-state index contributed by atoms with van der Waals surface area (Å²) >= 11 is 1.67. The summed E-state index contributed by atoms with van der Waals surface area (Å²) in [5.74, 6) is -0.204. The highest BCUT2D eigenvalue weighted by Gasteiger charge is 2.24. The Labute approximate surface area is 85.6 Å². The fourth-order valence-corrected chi connectivity index (χ4v) is 1.62. The van der Waals surface area contributed by atoms with Crippen molar-refractivity contribution in [2.75, 3.05) is 19.7 Å². The minimum absolute atomic E-state index is 0.0793. The van der Waals surface area contributed by atoms with E-state index in [9.17, 15) is 9.90 Å². The van der Waals surface area contributed by atoms with Crippen LogP contribution < -0.4 is 0 Å². The van der Waals surface area contributed by atoms with Crippen molar-refractivity contribution < 1.29 is 13.0 Å². The summed E-state index contributed by atoms with van der Waals surface area (Å²) in [6.07, 6.45) is 1.10. The van der Waals surface area contributed by atoms with Gasteiger partial charge in [-0.1, -0.05) is 0 Å². The van der Waals surface area contributed by atoms with Crippen LogP contribution >= 0.6 is 23.0 Å². The normalized spacial score (nSPS) is 19.7. The van der Waals surface area contributed by atoms with Crippen LogP contribution in [0.3, 0.4) is 0 Å². The topological polar surface area (TPSA) is 49.8 Å². The predicted octanol–water partition coefficient (Wildman–Crippen LogP) is 0.336. The van der Waals surface area contributed by atoms with Crippen LogP contribution in [0.5, 0.6) is 0 Å². The fourth-order valence-electron chi connectivity index (χ4n) is 1.28. The fraction of sp³-hybridized carbons (Fsp3) is 0.857. The molecule has 70 valence electrons. The first-order valence-electron chi connectivity index (χ1n) is 3.96. The Morgan fingerprint density at radius 3 is 2.67 bits per heavy atom. The van der Waals surface area contributed by atoms with Gasteiger partial charge >= 0.3 is 0 Å². The average Bonchev–Trinajstić information content (AvgIpc) is 2.55. The lowest BCUT2D eigenvalue weighted by Gasteiger charge is -2.18. The van der Waals surface area contributed by atoms with Crippen molar-refractivity contribution >= 4 is 28.9 Å². The number of hydrogen-bond donors (Lipinski definition) is 1. The van der Waals surface area contributed by atoms with Gasteiger partial charge in [0, 0.05) is 13.1 Å². The number of amides is 1. The van der Waals surface area contributed by atoms with Crippen molar-refractivity contribution in [1.29, 1.82) is 0 Å². The zero-order chi connectivity index (χ0) is 8.97. The highest BCUT2D eigenvalue weighted by molar-refractivity contribution is 14.1. The van der Waals surface area contributed by atoms with E-state index in [1.54, 1.807) is 27.9 Å². The van der Waals surface area contributed by atoms with Gasteiger partial charge in [-0.15, -0.1) is 0 Å². The molecule has 1 aliphatic rings. The Bertz CT molecular complexity index is 159. The van der Waals surface area contributed by atoms with Crippen LogP contribution in [0.4, 0.5) is 0 Å². The van der Waals surface area contributed by atoms with E-state index >= 15 is 0 Å². The van der Waals surface area contributed by atoms with Crippen molar-refractivity contribution in [3.05, 3.63) is 0 Å². The number of aliphatic hydroxyl groups is 1. The Balaban J connectivity index is 2.34. The minimum atomic E-state index is -0.986. The van der Waals surface area contributed by atoms with Crippen LogP contribution in [0.25, 0.3) is 0 Å². The van der Waals surface area contributed by atoms with Gasteiger partial charge in [0.25, 0.3) is 5.91 Å². The van der Waals surface area contributed by atoms with E-state index in [0.717, 1.165) is 25.9 Å². The SMILES string of the molecule is O=C([C@@H](O)COI)N1CCCC1. The molecule has 1 N–H and O–H groups in total. The Kier molecular flexibility index (Phi) is 4.24. The van der Waals surface area contributed by atoms with E-state index in [4.69, 9.17) is 0 Å². The first-order chi connectivity index (χ1) is 5.75. The number of hydrogen-bond acceptors (Lipinski definition) is 3. The third-order valence-electron chi connectivity index (χ3n) is 1.92. The molecular weight excluding hydrogens is 273 g/mol. The molecule has 0 bridgehead atoms. The molecule has 1 rings (SSSR count). The third-order valence-corrected chi connectivity index (χ3v) is 2.28. The molecule has 1 amide bonds. The lowest BCUT2D eigenvalue weighted by molar-refractivity contribution is -0.140. The largest absolute Gasteiger partial charge is 0.381 e. The molecular formula is C7H12INO3. The van der Waals surface area contributed by atoms with Crippen LogP contribution in [0.2, 0.25) is 0 Å². The maximum Gasteiger partial charge on any atom is 0.253 e. The predicted molar refractivity (Wildman–Crippen MR) is 51.8 cm³/mol. The maximum atomic E-state index is 11.3. The Morgan fingerprint density at radius 2 is 2.17 bits per heavy atom. The molecule has 12 heavy (non-hydrogen) atoms. The van der Waals surface area contributed by atoms with E-state index in [1.807, 2.05) is 0 Å². The first kappa shape index (κ1) is 10.2. The molecule has 1 fully saturated rings. The monoisotopic (exact) mass is 285 g/mol. The van der Waals surface area contributed by atoms with Crippen LogP contribution in [-0.2, 0) is 7.86 Å².